The van der Waals surface area contributed by atoms with Crippen molar-refractivity contribution in [3.8, 4) is 11.4 Å². The minimum Gasteiger partial charge on any atom is -0.383 e. The summed E-state index contributed by atoms with van der Waals surface area (Å²) in [5.74, 6) is -0.0199. The number of aromatic amines is 1. The van der Waals surface area contributed by atoms with Gasteiger partial charge in [0.2, 0.25) is 0 Å². The molecule has 0 saturated heterocycles. The molecule has 0 aliphatic rings. The Morgan fingerprint density at radius 3 is 2.56 bits per heavy atom. The lowest BCUT2D eigenvalue weighted by Gasteiger charge is -2.09. The number of nitrogen functional groups attached to an aromatic ring is 1. The molecule has 136 valence electrons. The zero-order valence-electron chi connectivity index (χ0n) is 13.7. The largest absolute Gasteiger partial charge is 0.383 e. The highest BCUT2D eigenvalue weighted by Crippen LogP contribution is 2.23. The first kappa shape index (κ1) is 16.9. The van der Waals surface area contributed by atoms with E-state index in [0.717, 1.165) is 6.07 Å². The number of nitrogens with zero attached hydrogens (tertiary/aromatic N) is 3. The van der Waals surface area contributed by atoms with Crippen LogP contribution in [0.4, 0.5) is 15.9 Å². The van der Waals surface area contributed by atoms with Crippen LogP contribution >= 0.6 is 0 Å². The maximum Gasteiger partial charge on any atom is 0.264 e. The Labute approximate surface area is 153 Å². The number of halogens is 1. The van der Waals surface area contributed by atoms with Crippen molar-refractivity contribution in [1.82, 2.24) is 20.2 Å². The lowest BCUT2D eigenvalue weighted by atomic mass is 10.2. The van der Waals surface area contributed by atoms with Gasteiger partial charge in [0.05, 0.1) is 5.39 Å². The van der Waals surface area contributed by atoms with Gasteiger partial charge in [0.25, 0.3) is 10.0 Å². The average molecular weight is 384 g/mol. The smallest absolute Gasteiger partial charge is 0.264 e. The third-order valence-electron chi connectivity index (χ3n) is 3.86. The Balaban J connectivity index is 1.61. The summed E-state index contributed by atoms with van der Waals surface area (Å²) in [5.41, 5.74) is 7.09. The number of H-pyrrole nitrogens is 1. The van der Waals surface area contributed by atoms with Crippen LogP contribution in [0.3, 0.4) is 0 Å². The van der Waals surface area contributed by atoms with Gasteiger partial charge < -0.3 is 5.73 Å². The van der Waals surface area contributed by atoms with E-state index >= 15 is 0 Å². The maximum absolute atomic E-state index is 13.7. The molecule has 0 unspecified atom stereocenters. The van der Waals surface area contributed by atoms with Crippen LogP contribution in [0.1, 0.15) is 0 Å². The van der Waals surface area contributed by atoms with Crippen molar-refractivity contribution in [2.45, 2.75) is 4.90 Å². The minimum absolute atomic E-state index is 0.284. The van der Waals surface area contributed by atoms with Crippen LogP contribution in [-0.2, 0) is 10.0 Å². The van der Waals surface area contributed by atoms with E-state index < -0.39 is 20.7 Å². The molecule has 0 radical (unpaired) electrons. The first-order valence-electron chi connectivity index (χ1n) is 7.78. The number of hydrogen-bond donors (Lipinski definition) is 3. The molecule has 4 N–H and O–H groups in total. The van der Waals surface area contributed by atoms with Crippen molar-refractivity contribution in [1.29, 1.82) is 0 Å². The third-order valence-corrected chi connectivity index (χ3v) is 5.28. The van der Waals surface area contributed by atoms with E-state index in [4.69, 9.17) is 5.73 Å². The van der Waals surface area contributed by atoms with Gasteiger partial charge in [0.15, 0.2) is 11.5 Å². The lowest BCUT2D eigenvalue weighted by molar-refractivity contribution is 0.570. The molecule has 0 atom stereocenters. The van der Waals surface area contributed by atoms with Crippen LogP contribution in [0.5, 0.6) is 0 Å². The fourth-order valence-electron chi connectivity index (χ4n) is 2.52. The molecule has 0 aliphatic heterocycles. The summed E-state index contributed by atoms with van der Waals surface area (Å²) in [6.07, 6.45) is 1.56. The van der Waals surface area contributed by atoms with Gasteiger partial charge in [-0.3, -0.25) is 9.82 Å². The van der Waals surface area contributed by atoms with Gasteiger partial charge in [0.1, 0.15) is 16.5 Å². The summed E-state index contributed by atoms with van der Waals surface area (Å²) in [5, 5.41) is 7.23. The monoisotopic (exact) mass is 384 g/mol. The Hall–Kier alpha value is -3.53. The Kier molecular flexibility index (Phi) is 3.96. The van der Waals surface area contributed by atoms with E-state index in [0.29, 0.717) is 28.2 Å². The molecule has 2 aromatic carbocycles. The first-order chi connectivity index (χ1) is 12.9. The molecule has 0 aliphatic carbocycles. The molecule has 0 spiro atoms. The fraction of sp³-hybridized carbons (Fsp3) is 0. The van der Waals surface area contributed by atoms with E-state index in [9.17, 15) is 12.8 Å². The zero-order chi connectivity index (χ0) is 19.0. The van der Waals surface area contributed by atoms with Crippen LogP contribution in [0.25, 0.3) is 22.4 Å². The molecule has 10 heteroatoms. The van der Waals surface area contributed by atoms with Gasteiger partial charge >= 0.3 is 0 Å². The minimum atomic E-state index is -4.03. The van der Waals surface area contributed by atoms with E-state index in [2.05, 4.69) is 24.9 Å². The first-order valence-corrected chi connectivity index (χ1v) is 9.27. The standard InChI is InChI=1S/C17H13FN6O2S/c18-13-3-1-2-4-14(13)27(25,26)24-11-7-5-10(6-8-11)16-20-9-12-15(19)22-23-17(12)21-16/h1-9,24H,(H3,19,20,21,22,23). The molecule has 4 aromatic rings. The highest BCUT2D eigenvalue weighted by atomic mass is 32.2. The van der Waals surface area contributed by atoms with Gasteiger partial charge in [-0.1, -0.05) is 12.1 Å². The van der Waals surface area contributed by atoms with Crippen molar-refractivity contribution in [2.75, 3.05) is 10.5 Å². The van der Waals surface area contributed by atoms with Crippen LogP contribution in [0.2, 0.25) is 0 Å². The van der Waals surface area contributed by atoms with Gasteiger partial charge in [-0.05, 0) is 36.4 Å². The van der Waals surface area contributed by atoms with E-state index in [1.807, 2.05) is 0 Å². The molecular formula is C17H13FN6O2S. The number of nitrogens with two attached hydrogens (primary N) is 1. The number of benzene rings is 2. The van der Waals surface area contributed by atoms with Crippen molar-refractivity contribution < 1.29 is 12.8 Å². The highest BCUT2D eigenvalue weighted by Gasteiger charge is 2.18. The average Bonchev–Trinajstić information content (AvgIpc) is 3.03. The SMILES string of the molecule is Nc1[nH]nc2nc(-c3ccc(NS(=O)(=O)c4ccccc4F)cc3)ncc12. The number of anilines is 2. The second-order valence-electron chi connectivity index (χ2n) is 5.68. The predicted octanol–water partition coefficient (Wildman–Crippen LogP) is 2.54. The summed E-state index contributed by atoms with van der Waals surface area (Å²) >= 11 is 0. The van der Waals surface area contributed by atoms with Crippen LogP contribution in [0.15, 0.2) is 59.6 Å². The molecule has 0 saturated carbocycles. The summed E-state index contributed by atoms with van der Waals surface area (Å²) in [7, 11) is -4.03. The third kappa shape index (κ3) is 3.17. The summed E-state index contributed by atoms with van der Waals surface area (Å²) < 4.78 is 40.7. The van der Waals surface area contributed by atoms with Gasteiger partial charge in [-0.25, -0.2) is 22.8 Å². The highest BCUT2D eigenvalue weighted by molar-refractivity contribution is 7.92. The van der Waals surface area contributed by atoms with Crippen LogP contribution < -0.4 is 10.5 Å². The molecule has 0 bridgehead atoms. The Bertz CT molecular complexity index is 1240. The molecule has 2 aromatic heterocycles. The van der Waals surface area contributed by atoms with Crippen LogP contribution in [0, 0.1) is 5.82 Å². The molecular weight excluding hydrogens is 371 g/mol. The Morgan fingerprint density at radius 2 is 1.81 bits per heavy atom. The van der Waals surface area contributed by atoms with E-state index in [-0.39, 0.29) is 5.69 Å². The van der Waals surface area contributed by atoms with Crippen molar-refractivity contribution in [3.05, 3.63) is 60.5 Å². The summed E-state index contributed by atoms with van der Waals surface area (Å²) in [6.45, 7) is 0. The summed E-state index contributed by atoms with van der Waals surface area (Å²) in [6, 6.07) is 11.5. The number of hydrogen-bond acceptors (Lipinski definition) is 6. The van der Waals surface area contributed by atoms with Gasteiger partial charge in [0, 0.05) is 17.4 Å². The summed E-state index contributed by atoms with van der Waals surface area (Å²) in [4.78, 5) is 8.12. The predicted molar refractivity (Wildman–Crippen MR) is 98.7 cm³/mol. The molecule has 2 heterocycles. The maximum atomic E-state index is 13.7. The molecule has 0 fully saturated rings. The van der Waals surface area contributed by atoms with Gasteiger partial charge in [-0.15, -0.1) is 0 Å². The number of aromatic nitrogens is 4. The zero-order valence-corrected chi connectivity index (χ0v) is 14.5. The second-order valence-corrected chi connectivity index (χ2v) is 7.33. The molecule has 8 nitrogen and oxygen atoms in total. The van der Waals surface area contributed by atoms with Crippen molar-refractivity contribution >= 4 is 32.6 Å². The topological polar surface area (TPSA) is 127 Å². The quantitative estimate of drug-likeness (QED) is 0.496. The van der Waals surface area contributed by atoms with E-state index in [1.54, 1.807) is 30.5 Å². The number of nitrogens with one attached hydrogen (secondary N) is 2. The molecule has 4 rings (SSSR count). The number of rotatable bonds is 4. The van der Waals surface area contributed by atoms with E-state index in [1.165, 1.54) is 18.2 Å². The van der Waals surface area contributed by atoms with Crippen LogP contribution in [-0.4, -0.2) is 28.6 Å². The van der Waals surface area contributed by atoms with Crippen molar-refractivity contribution in [3.63, 3.8) is 0 Å². The van der Waals surface area contributed by atoms with Crippen molar-refractivity contribution in [2.24, 2.45) is 0 Å². The van der Waals surface area contributed by atoms with Gasteiger partial charge in [-0.2, -0.15) is 5.10 Å². The lowest BCUT2D eigenvalue weighted by Crippen LogP contribution is -2.14. The fourth-order valence-corrected chi connectivity index (χ4v) is 3.66. The number of fused-ring (bicyclic) bond motifs is 1. The number of sulfonamides is 1. The second kappa shape index (κ2) is 6.32. The molecule has 0 amide bonds. The molecule has 27 heavy (non-hydrogen) atoms. The Morgan fingerprint density at radius 1 is 1.07 bits per heavy atom. The normalized spacial score (nSPS) is 11.6.